The fourth-order valence-corrected chi connectivity index (χ4v) is 4.53. The Bertz CT molecular complexity index is 1910. The van der Waals surface area contributed by atoms with Gasteiger partial charge in [-0.1, -0.05) is 6.08 Å². The maximum Gasteiger partial charge on any atom is 0.357 e. The molecular formula is C23H16N4O12S2. The van der Waals surface area contributed by atoms with Gasteiger partial charge in [0, 0.05) is 0 Å². The summed E-state index contributed by atoms with van der Waals surface area (Å²) in [5.74, 6) is -4.80. The Labute approximate surface area is 229 Å². The molecule has 1 aromatic heterocycles. The number of benzene rings is 2. The van der Waals surface area contributed by atoms with Crippen molar-refractivity contribution in [3.63, 3.8) is 0 Å². The summed E-state index contributed by atoms with van der Waals surface area (Å²) >= 11 is 0. The quantitative estimate of drug-likeness (QED) is 0.179. The highest BCUT2D eigenvalue weighted by Crippen LogP contribution is 2.28. The van der Waals surface area contributed by atoms with Gasteiger partial charge in [-0.3, -0.25) is 13.9 Å². The molecule has 0 bridgehead atoms. The van der Waals surface area contributed by atoms with Crippen LogP contribution in [0.1, 0.15) is 16.1 Å². The van der Waals surface area contributed by atoms with Crippen LogP contribution in [-0.4, -0.2) is 74.6 Å². The molecule has 16 nitrogen and oxygen atoms in total. The van der Waals surface area contributed by atoms with E-state index in [9.17, 15) is 46.5 Å². The second-order valence-electron chi connectivity index (χ2n) is 8.05. The van der Waals surface area contributed by atoms with E-state index in [-0.39, 0.29) is 16.9 Å². The molecule has 0 atom stereocenters. The molecule has 0 aliphatic carbocycles. The van der Waals surface area contributed by atoms with Crippen molar-refractivity contribution < 1.29 is 55.6 Å². The first kappa shape index (κ1) is 28.8. The lowest BCUT2D eigenvalue weighted by molar-refractivity contribution is -0.129. The number of carboxylic acid groups (broad SMARTS) is 2. The van der Waals surface area contributed by atoms with Crippen LogP contribution in [0.25, 0.3) is 11.8 Å². The Hall–Kier alpha value is -5.17. The fraction of sp³-hybridized carbons (Fsp3) is 0. The average molecular weight is 605 g/mol. The van der Waals surface area contributed by atoms with E-state index in [4.69, 9.17) is 9.11 Å². The number of hydrogen-bond donors (Lipinski definition) is 5. The summed E-state index contributed by atoms with van der Waals surface area (Å²) in [4.78, 5) is 35.5. The van der Waals surface area contributed by atoms with E-state index in [1.165, 1.54) is 0 Å². The van der Waals surface area contributed by atoms with Crippen LogP contribution in [0.2, 0.25) is 0 Å². The maximum atomic E-state index is 12.9. The lowest BCUT2D eigenvalue weighted by atomic mass is 10.1. The highest BCUT2D eigenvalue weighted by Gasteiger charge is 2.35. The van der Waals surface area contributed by atoms with E-state index in [2.05, 4.69) is 10.2 Å². The molecule has 0 saturated carbocycles. The highest BCUT2D eigenvalue weighted by molar-refractivity contribution is 7.86. The fourth-order valence-electron chi connectivity index (χ4n) is 3.57. The van der Waals surface area contributed by atoms with Crippen LogP contribution in [0, 0.1) is 0 Å². The lowest BCUT2D eigenvalue weighted by Crippen LogP contribution is -2.22. The minimum Gasteiger partial charge on any atom is -0.493 e. The van der Waals surface area contributed by atoms with Crippen molar-refractivity contribution in [2.45, 2.75) is 9.79 Å². The van der Waals surface area contributed by atoms with Crippen molar-refractivity contribution in [2.24, 2.45) is 5.10 Å². The number of amides is 1. The number of allylic oxidation sites excluding steroid dienone is 2. The van der Waals surface area contributed by atoms with Gasteiger partial charge in [-0.15, -0.1) is 0 Å². The van der Waals surface area contributed by atoms with Crippen molar-refractivity contribution in [1.82, 2.24) is 9.78 Å². The second kappa shape index (κ2) is 10.4. The van der Waals surface area contributed by atoms with Crippen molar-refractivity contribution in [1.29, 1.82) is 0 Å². The van der Waals surface area contributed by atoms with Crippen molar-refractivity contribution >= 4 is 55.6 Å². The standard InChI is InChI=1S/C23H16N4O12S2/c28-20-16(18(22(30)31)24-26(20)12-4-8-14(9-5-12)40(34,35)36)2-1-3-17-19(23(32)33)25-27(21(17)29)13-6-10-15(11-7-13)41(37,38)39/h1-11,28H,(H,30,31)(H,32,33)(H,34,35,36)(H,37,38,39)/b2-1+,17-3-. The third kappa shape index (κ3) is 5.75. The van der Waals surface area contributed by atoms with Crippen LogP contribution in [0.15, 0.2) is 81.1 Å². The van der Waals surface area contributed by atoms with Gasteiger partial charge in [0.05, 0.1) is 32.3 Å². The van der Waals surface area contributed by atoms with Gasteiger partial charge in [-0.2, -0.15) is 36.7 Å². The first-order valence-corrected chi connectivity index (χ1v) is 13.7. The molecule has 1 aliphatic rings. The SMILES string of the molecule is O=C(O)C1=NN(c2ccc(S(=O)(=O)O)cc2)C(=O)/C1=C\C=C\c1c(C(=O)O)nn(-c2ccc(S(=O)(=O)O)cc2)c1O. The lowest BCUT2D eigenvalue weighted by Gasteiger charge is -2.11. The number of rotatable bonds is 8. The third-order valence-electron chi connectivity index (χ3n) is 5.46. The van der Waals surface area contributed by atoms with Gasteiger partial charge in [0.25, 0.3) is 26.1 Å². The Morgan fingerprint density at radius 2 is 1.32 bits per heavy atom. The third-order valence-corrected chi connectivity index (χ3v) is 7.20. The van der Waals surface area contributed by atoms with Gasteiger partial charge in [0.1, 0.15) is 0 Å². The monoisotopic (exact) mass is 604 g/mol. The van der Waals surface area contributed by atoms with Crippen LogP contribution >= 0.6 is 0 Å². The molecule has 41 heavy (non-hydrogen) atoms. The van der Waals surface area contributed by atoms with E-state index in [1.54, 1.807) is 0 Å². The van der Waals surface area contributed by atoms with Crippen molar-refractivity contribution in [2.75, 3.05) is 5.01 Å². The number of nitrogens with zero attached hydrogens (tertiary/aromatic N) is 4. The Balaban J connectivity index is 1.69. The predicted octanol–water partition coefficient (Wildman–Crippen LogP) is 1.20. The molecule has 0 saturated heterocycles. The molecule has 4 rings (SSSR count). The first-order chi connectivity index (χ1) is 19.1. The van der Waals surface area contributed by atoms with Gasteiger partial charge >= 0.3 is 11.9 Å². The molecule has 0 unspecified atom stereocenters. The summed E-state index contributed by atoms with van der Waals surface area (Å²) in [6.07, 6.45) is 3.08. The largest absolute Gasteiger partial charge is 0.493 e. The van der Waals surface area contributed by atoms with Crippen molar-refractivity contribution in [3.8, 4) is 11.6 Å². The topological polar surface area (TPSA) is 254 Å². The number of hydrazone groups is 1. The summed E-state index contributed by atoms with van der Waals surface area (Å²) in [5.41, 5.74) is -2.16. The highest BCUT2D eigenvalue weighted by atomic mass is 32.2. The van der Waals surface area contributed by atoms with E-state index in [1.807, 2.05) is 0 Å². The molecule has 5 N–H and O–H groups in total. The minimum atomic E-state index is -4.52. The zero-order valence-electron chi connectivity index (χ0n) is 20.1. The van der Waals surface area contributed by atoms with Crippen LogP contribution in [0.4, 0.5) is 5.69 Å². The molecule has 0 fully saturated rings. The predicted molar refractivity (Wildman–Crippen MR) is 138 cm³/mol. The van der Waals surface area contributed by atoms with Gasteiger partial charge in [0.15, 0.2) is 11.4 Å². The average Bonchev–Trinajstić information content (AvgIpc) is 3.40. The minimum absolute atomic E-state index is 0.0253. The van der Waals surface area contributed by atoms with E-state index in [0.717, 1.165) is 71.4 Å². The zero-order chi connectivity index (χ0) is 30.3. The molecule has 212 valence electrons. The van der Waals surface area contributed by atoms with E-state index in [0.29, 0.717) is 5.01 Å². The number of anilines is 1. The van der Waals surface area contributed by atoms with Gasteiger partial charge < -0.3 is 15.3 Å². The van der Waals surface area contributed by atoms with E-state index >= 15 is 0 Å². The number of aromatic nitrogens is 2. The number of hydrogen-bond acceptors (Lipinski definition) is 10. The van der Waals surface area contributed by atoms with Crippen LogP contribution in [0.3, 0.4) is 0 Å². The molecule has 0 spiro atoms. The number of carbonyl (C=O) groups excluding carboxylic acids is 1. The van der Waals surface area contributed by atoms with E-state index < -0.39 is 70.7 Å². The number of aromatic hydroxyl groups is 1. The summed E-state index contributed by atoms with van der Waals surface area (Å²) < 4.78 is 64.0. The summed E-state index contributed by atoms with van der Waals surface area (Å²) in [6, 6.07) is 8.42. The van der Waals surface area contributed by atoms with Crippen LogP contribution < -0.4 is 5.01 Å². The van der Waals surface area contributed by atoms with Crippen molar-refractivity contribution in [3.05, 3.63) is 77.5 Å². The van der Waals surface area contributed by atoms with Gasteiger partial charge in [-0.05, 0) is 60.7 Å². The summed E-state index contributed by atoms with van der Waals surface area (Å²) in [7, 11) is -9.04. The summed E-state index contributed by atoms with van der Waals surface area (Å²) in [6.45, 7) is 0. The van der Waals surface area contributed by atoms with Crippen LogP contribution in [-0.2, 0) is 29.8 Å². The molecule has 1 amide bonds. The number of carbonyl (C=O) groups is 3. The number of carboxylic acids is 2. The molecule has 18 heteroatoms. The molecule has 1 aliphatic heterocycles. The smallest absolute Gasteiger partial charge is 0.357 e. The molecule has 2 aromatic carbocycles. The van der Waals surface area contributed by atoms with Crippen LogP contribution in [0.5, 0.6) is 5.88 Å². The van der Waals surface area contributed by atoms with Gasteiger partial charge in [-0.25, -0.2) is 9.59 Å². The Morgan fingerprint density at radius 1 is 0.805 bits per heavy atom. The normalized spacial score (nSPS) is 15.1. The molecule has 3 aromatic rings. The van der Waals surface area contributed by atoms with Gasteiger partial charge in [0.2, 0.25) is 5.88 Å². The summed E-state index contributed by atoms with van der Waals surface area (Å²) in [5, 5.41) is 37.9. The Morgan fingerprint density at radius 3 is 1.78 bits per heavy atom. The Kier molecular flexibility index (Phi) is 7.33. The molecular weight excluding hydrogens is 588 g/mol. The molecule has 0 radical (unpaired) electrons. The zero-order valence-corrected chi connectivity index (χ0v) is 21.7. The number of aromatic carboxylic acids is 1. The number of aliphatic carboxylic acids is 1. The molecule has 2 heterocycles. The second-order valence-corrected chi connectivity index (χ2v) is 10.9. The maximum absolute atomic E-state index is 12.9. The first-order valence-electron chi connectivity index (χ1n) is 10.9.